The number of likely N-dealkylation sites (N-methyl/N-ethyl adjacent to an activating group) is 2. The number of nitrogens with zero attached hydrogens (tertiary/aromatic N) is 2. The summed E-state index contributed by atoms with van der Waals surface area (Å²) in [5.41, 5.74) is 2.23. The molecule has 1 aromatic rings. The predicted octanol–water partition coefficient (Wildman–Crippen LogP) is 2.66. The molecule has 1 unspecified atom stereocenters. The molecule has 3 nitrogen and oxygen atoms in total. The number of aliphatic hydroxyl groups excluding tert-OH is 1. The highest BCUT2D eigenvalue weighted by Crippen LogP contribution is 2.30. The SMILES string of the molecule is CC[C@H](O)c1ccccc1N(C)C1CCCN(C)C1. The number of hydrogen-bond acceptors (Lipinski definition) is 3. The Kier molecular flexibility index (Phi) is 4.83. The van der Waals surface area contributed by atoms with E-state index in [0.29, 0.717) is 6.04 Å². The predicted molar refractivity (Wildman–Crippen MR) is 80.6 cm³/mol. The average Bonchev–Trinajstić information content (AvgIpc) is 2.45. The molecule has 1 N–H and O–H groups in total. The first kappa shape index (κ1) is 14.4. The number of para-hydroxylation sites is 1. The highest BCUT2D eigenvalue weighted by Gasteiger charge is 2.23. The smallest absolute Gasteiger partial charge is 0.0807 e. The van der Waals surface area contributed by atoms with Crippen molar-refractivity contribution in [2.45, 2.75) is 38.3 Å². The van der Waals surface area contributed by atoms with Crippen LogP contribution in [0.25, 0.3) is 0 Å². The van der Waals surface area contributed by atoms with Gasteiger partial charge in [-0.2, -0.15) is 0 Å². The number of hydrogen-bond donors (Lipinski definition) is 1. The van der Waals surface area contributed by atoms with Crippen molar-refractivity contribution in [3.8, 4) is 0 Å². The molecule has 1 aliphatic heterocycles. The minimum Gasteiger partial charge on any atom is -0.388 e. The van der Waals surface area contributed by atoms with Crippen LogP contribution in [0.3, 0.4) is 0 Å². The van der Waals surface area contributed by atoms with Crippen molar-refractivity contribution in [1.82, 2.24) is 4.90 Å². The van der Waals surface area contributed by atoms with Crippen LogP contribution in [0.2, 0.25) is 0 Å². The van der Waals surface area contributed by atoms with E-state index < -0.39 is 0 Å². The molecule has 0 aliphatic carbocycles. The Labute approximate surface area is 116 Å². The Bertz CT molecular complexity index is 407. The van der Waals surface area contributed by atoms with Crippen LogP contribution in [0.15, 0.2) is 24.3 Å². The monoisotopic (exact) mass is 262 g/mol. The van der Waals surface area contributed by atoms with Gasteiger partial charge in [0.15, 0.2) is 0 Å². The van der Waals surface area contributed by atoms with Crippen LogP contribution in [0.4, 0.5) is 5.69 Å². The van der Waals surface area contributed by atoms with Crippen molar-refractivity contribution in [3.05, 3.63) is 29.8 Å². The Morgan fingerprint density at radius 3 is 2.84 bits per heavy atom. The van der Waals surface area contributed by atoms with Crippen molar-refractivity contribution in [3.63, 3.8) is 0 Å². The highest BCUT2D eigenvalue weighted by molar-refractivity contribution is 5.55. The van der Waals surface area contributed by atoms with Crippen LogP contribution in [-0.2, 0) is 0 Å². The number of benzene rings is 1. The molecule has 0 saturated carbocycles. The molecule has 0 radical (unpaired) electrons. The van der Waals surface area contributed by atoms with E-state index in [2.05, 4.69) is 36.0 Å². The first-order chi connectivity index (χ1) is 9.13. The van der Waals surface area contributed by atoms with Gasteiger partial charge in [-0.05, 0) is 38.9 Å². The molecule has 1 fully saturated rings. The van der Waals surface area contributed by atoms with E-state index in [1.807, 2.05) is 19.1 Å². The lowest BCUT2D eigenvalue weighted by Gasteiger charge is -2.38. The molecule has 0 amide bonds. The zero-order valence-corrected chi connectivity index (χ0v) is 12.3. The summed E-state index contributed by atoms with van der Waals surface area (Å²) < 4.78 is 0. The van der Waals surface area contributed by atoms with Gasteiger partial charge in [-0.15, -0.1) is 0 Å². The van der Waals surface area contributed by atoms with Crippen LogP contribution < -0.4 is 4.90 Å². The number of likely N-dealkylation sites (tertiary alicyclic amines) is 1. The fourth-order valence-corrected chi connectivity index (χ4v) is 2.96. The zero-order valence-electron chi connectivity index (χ0n) is 12.3. The van der Waals surface area contributed by atoms with Gasteiger partial charge in [0.25, 0.3) is 0 Å². The fraction of sp³-hybridized carbons (Fsp3) is 0.625. The van der Waals surface area contributed by atoms with E-state index in [9.17, 15) is 5.11 Å². The molecule has 3 heteroatoms. The summed E-state index contributed by atoms with van der Waals surface area (Å²) >= 11 is 0. The van der Waals surface area contributed by atoms with Gasteiger partial charge >= 0.3 is 0 Å². The topological polar surface area (TPSA) is 26.7 Å². The molecule has 1 aromatic carbocycles. The number of aliphatic hydroxyl groups is 1. The maximum Gasteiger partial charge on any atom is 0.0807 e. The van der Waals surface area contributed by atoms with Crippen molar-refractivity contribution in [2.75, 3.05) is 32.1 Å². The van der Waals surface area contributed by atoms with Crippen LogP contribution in [0, 0.1) is 0 Å². The normalized spacial score (nSPS) is 22.2. The molecule has 0 aromatic heterocycles. The lowest BCUT2D eigenvalue weighted by Crippen LogP contribution is -2.45. The van der Waals surface area contributed by atoms with E-state index in [4.69, 9.17) is 0 Å². The largest absolute Gasteiger partial charge is 0.388 e. The molecule has 1 aliphatic rings. The summed E-state index contributed by atoms with van der Waals surface area (Å²) in [6.07, 6.45) is 2.89. The second kappa shape index (κ2) is 6.40. The van der Waals surface area contributed by atoms with Gasteiger partial charge < -0.3 is 14.9 Å². The Morgan fingerprint density at radius 1 is 1.42 bits per heavy atom. The third-order valence-electron chi connectivity index (χ3n) is 4.21. The summed E-state index contributed by atoms with van der Waals surface area (Å²) in [5, 5.41) is 10.2. The van der Waals surface area contributed by atoms with Crippen LogP contribution >= 0.6 is 0 Å². The number of piperidine rings is 1. The van der Waals surface area contributed by atoms with E-state index in [1.54, 1.807) is 0 Å². The van der Waals surface area contributed by atoms with Gasteiger partial charge in [0.2, 0.25) is 0 Å². The third-order valence-corrected chi connectivity index (χ3v) is 4.21. The molecule has 2 atom stereocenters. The summed E-state index contributed by atoms with van der Waals surface area (Å²) in [6.45, 7) is 4.33. The van der Waals surface area contributed by atoms with Crippen LogP contribution in [0.1, 0.15) is 37.9 Å². The summed E-state index contributed by atoms with van der Waals surface area (Å²) in [4.78, 5) is 4.74. The maximum atomic E-state index is 10.2. The fourth-order valence-electron chi connectivity index (χ4n) is 2.96. The van der Waals surface area contributed by atoms with Gasteiger partial charge in [0, 0.05) is 30.9 Å². The Balaban J connectivity index is 2.20. The van der Waals surface area contributed by atoms with Crippen molar-refractivity contribution in [2.24, 2.45) is 0 Å². The van der Waals surface area contributed by atoms with Gasteiger partial charge in [-0.1, -0.05) is 25.1 Å². The van der Waals surface area contributed by atoms with Crippen LogP contribution in [0.5, 0.6) is 0 Å². The molecule has 0 bridgehead atoms. The second-order valence-corrected chi connectivity index (χ2v) is 5.65. The lowest BCUT2D eigenvalue weighted by molar-refractivity contribution is 0.173. The minimum absolute atomic E-state index is 0.361. The quantitative estimate of drug-likeness (QED) is 0.903. The van der Waals surface area contributed by atoms with Crippen molar-refractivity contribution < 1.29 is 5.11 Å². The maximum absolute atomic E-state index is 10.2. The van der Waals surface area contributed by atoms with Crippen LogP contribution in [-0.4, -0.2) is 43.2 Å². The lowest BCUT2D eigenvalue weighted by atomic mass is 10.0. The van der Waals surface area contributed by atoms with E-state index in [0.717, 1.165) is 18.5 Å². The molecule has 1 heterocycles. The van der Waals surface area contributed by atoms with E-state index >= 15 is 0 Å². The molecule has 2 rings (SSSR count). The molecule has 106 valence electrons. The van der Waals surface area contributed by atoms with E-state index in [-0.39, 0.29) is 6.10 Å². The molecular formula is C16H26N2O. The molecular weight excluding hydrogens is 236 g/mol. The summed E-state index contributed by atoms with van der Waals surface area (Å²) in [7, 11) is 4.35. The first-order valence-corrected chi connectivity index (χ1v) is 7.31. The van der Waals surface area contributed by atoms with Gasteiger partial charge in [0.05, 0.1) is 6.10 Å². The van der Waals surface area contributed by atoms with Crippen molar-refractivity contribution >= 4 is 5.69 Å². The average molecular weight is 262 g/mol. The number of anilines is 1. The summed E-state index contributed by atoms with van der Waals surface area (Å²) in [6, 6.07) is 8.79. The highest BCUT2D eigenvalue weighted by atomic mass is 16.3. The molecule has 19 heavy (non-hydrogen) atoms. The first-order valence-electron chi connectivity index (χ1n) is 7.31. The van der Waals surface area contributed by atoms with Crippen molar-refractivity contribution in [1.29, 1.82) is 0 Å². The second-order valence-electron chi connectivity index (χ2n) is 5.65. The minimum atomic E-state index is -0.361. The van der Waals surface area contributed by atoms with E-state index in [1.165, 1.54) is 25.1 Å². The molecule has 1 saturated heterocycles. The zero-order chi connectivity index (χ0) is 13.8. The Hall–Kier alpha value is -1.06. The number of rotatable bonds is 4. The third kappa shape index (κ3) is 3.28. The Morgan fingerprint density at radius 2 is 2.16 bits per heavy atom. The van der Waals surface area contributed by atoms with Gasteiger partial charge in [-0.3, -0.25) is 0 Å². The summed E-state index contributed by atoms with van der Waals surface area (Å²) in [5.74, 6) is 0. The molecule has 0 spiro atoms. The standard InChI is InChI=1S/C16H26N2O/c1-4-16(19)14-9-5-6-10-15(14)18(3)13-8-7-11-17(2)12-13/h5-6,9-10,13,16,19H,4,7-8,11-12H2,1-3H3/t13?,16-/m0/s1. The van der Waals surface area contributed by atoms with Gasteiger partial charge in [-0.25, -0.2) is 0 Å². The van der Waals surface area contributed by atoms with Gasteiger partial charge in [0.1, 0.15) is 0 Å².